The van der Waals surface area contributed by atoms with Crippen LogP contribution in [0.15, 0.2) is 12.1 Å². The van der Waals surface area contributed by atoms with Gasteiger partial charge in [0.05, 0.1) is 21.9 Å². The molecule has 0 aliphatic carbocycles. The predicted molar refractivity (Wildman–Crippen MR) is 86.1 cm³/mol. The first-order valence-corrected chi connectivity index (χ1v) is 8.28. The van der Waals surface area contributed by atoms with Crippen LogP contribution in [0.2, 0.25) is 4.34 Å². The van der Waals surface area contributed by atoms with Crippen LogP contribution in [0, 0.1) is 0 Å². The fourth-order valence-corrected chi connectivity index (χ4v) is 3.52. The zero-order valence-electron chi connectivity index (χ0n) is 12.7. The normalized spacial score (nSPS) is 13.2. The number of ketones is 1. The van der Waals surface area contributed by atoms with Gasteiger partial charge in [-0.3, -0.25) is 9.69 Å². The molecular formula is C15H24ClNO2S. The van der Waals surface area contributed by atoms with E-state index < -0.39 is 0 Å². The van der Waals surface area contributed by atoms with Crippen molar-refractivity contribution in [3.05, 3.63) is 21.3 Å². The highest BCUT2D eigenvalue weighted by Crippen LogP contribution is 2.24. The Morgan fingerprint density at radius 1 is 1.40 bits per heavy atom. The standard InChI is InChI=1S/C15H24ClNO2S/c1-5-12(6-2)17(9-10-19-4)11(3)15(18)13-7-8-14(16)20-13/h7-8,11-12H,5-6,9-10H2,1-4H3. The van der Waals surface area contributed by atoms with Gasteiger partial charge in [-0.2, -0.15) is 0 Å². The fourth-order valence-electron chi connectivity index (χ4n) is 2.45. The highest BCUT2D eigenvalue weighted by Gasteiger charge is 2.27. The monoisotopic (exact) mass is 317 g/mol. The van der Waals surface area contributed by atoms with E-state index in [1.54, 1.807) is 13.2 Å². The van der Waals surface area contributed by atoms with Crippen molar-refractivity contribution in [3.8, 4) is 0 Å². The van der Waals surface area contributed by atoms with Gasteiger partial charge in [0.25, 0.3) is 0 Å². The van der Waals surface area contributed by atoms with Gasteiger partial charge in [-0.15, -0.1) is 11.3 Å². The van der Waals surface area contributed by atoms with Gasteiger partial charge < -0.3 is 4.74 Å². The minimum atomic E-state index is -0.148. The van der Waals surface area contributed by atoms with Crippen LogP contribution in [0.4, 0.5) is 0 Å². The van der Waals surface area contributed by atoms with Crippen LogP contribution >= 0.6 is 22.9 Å². The Hall–Kier alpha value is -0.420. The quantitative estimate of drug-likeness (QED) is 0.642. The van der Waals surface area contributed by atoms with E-state index in [2.05, 4.69) is 18.7 Å². The maximum Gasteiger partial charge on any atom is 0.189 e. The number of hydrogen-bond acceptors (Lipinski definition) is 4. The van der Waals surface area contributed by atoms with Gasteiger partial charge in [0.2, 0.25) is 0 Å². The minimum absolute atomic E-state index is 0.143. The molecule has 3 nitrogen and oxygen atoms in total. The van der Waals surface area contributed by atoms with Gasteiger partial charge in [-0.25, -0.2) is 0 Å². The maximum absolute atomic E-state index is 12.6. The summed E-state index contributed by atoms with van der Waals surface area (Å²) >= 11 is 7.27. The first kappa shape index (κ1) is 17.6. The molecule has 1 unspecified atom stereocenters. The van der Waals surface area contributed by atoms with E-state index in [-0.39, 0.29) is 11.8 Å². The van der Waals surface area contributed by atoms with Crippen LogP contribution in [-0.4, -0.2) is 43.0 Å². The van der Waals surface area contributed by atoms with Crippen LogP contribution in [0.5, 0.6) is 0 Å². The van der Waals surface area contributed by atoms with Gasteiger partial charge in [0.1, 0.15) is 0 Å². The molecule has 0 amide bonds. The molecule has 0 N–H and O–H groups in total. The zero-order chi connectivity index (χ0) is 15.1. The molecule has 1 atom stereocenters. The lowest BCUT2D eigenvalue weighted by molar-refractivity contribution is 0.0635. The molecule has 1 rings (SSSR count). The van der Waals surface area contributed by atoms with Gasteiger partial charge in [0, 0.05) is 19.7 Å². The summed E-state index contributed by atoms with van der Waals surface area (Å²) in [5, 5.41) is 0. The summed E-state index contributed by atoms with van der Waals surface area (Å²) in [6.07, 6.45) is 2.06. The van der Waals surface area contributed by atoms with Crippen molar-refractivity contribution in [2.75, 3.05) is 20.3 Å². The lowest BCUT2D eigenvalue weighted by atomic mass is 10.0. The fraction of sp³-hybridized carbons (Fsp3) is 0.667. The third-order valence-corrected chi connectivity index (χ3v) is 4.90. The largest absolute Gasteiger partial charge is 0.383 e. The first-order chi connectivity index (χ1) is 9.54. The summed E-state index contributed by atoms with van der Waals surface area (Å²) in [6.45, 7) is 7.71. The van der Waals surface area contributed by atoms with Crippen LogP contribution in [0.25, 0.3) is 0 Å². The Bertz CT molecular complexity index is 418. The summed E-state index contributed by atoms with van der Waals surface area (Å²) < 4.78 is 5.84. The number of carbonyl (C=O) groups is 1. The van der Waals surface area contributed by atoms with Crippen molar-refractivity contribution in [1.82, 2.24) is 4.90 Å². The van der Waals surface area contributed by atoms with Crippen LogP contribution in [0.1, 0.15) is 43.3 Å². The molecule has 0 fully saturated rings. The molecule has 0 spiro atoms. The molecular weight excluding hydrogens is 294 g/mol. The van der Waals surface area contributed by atoms with E-state index in [0.29, 0.717) is 17.0 Å². The van der Waals surface area contributed by atoms with Crippen LogP contribution in [-0.2, 0) is 4.74 Å². The van der Waals surface area contributed by atoms with Crippen molar-refractivity contribution in [3.63, 3.8) is 0 Å². The molecule has 0 aromatic carbocycles. The summed E-state index contributed by atoms with van der Waals surface area (Å²) in [7, 11) is 1.69. The van der Waals surface area contributed by atoms with Gasteiger partial charge in [-0.1, -0.05) is 25.4 Å². The number of ether oxygens (including phenoxy) is 1. The summed E-state index contributed by atoms with van der Waals surface area (Å²) in [5.41, 5.74) is 0. The first-order valence-electron chi connectivity index (χ1n) is 7.09. The Labute approximate surface area is 130 Å². The Morgan fingerprint density at radius 3 is 2.50 bits per heavy atom. The van der Waals surface area contributed by atoms with Gasteiger partial charge in [-0.05, 0) is 31.9 Å². The van der Waals surface area contributed by atoms with Gasteiger partial charge in [0.15, 0.2) is 5.78 Å². The van der Waals surface area contributed by atoms with Gasteiger partial charge >= 0.3 is 0 Å². The molecule has 0 aliphatic rings. The van der Waals surface area contributed by atoms with E-state index in [9.17, 15) is 4.79 Å². The van der Waals surface area contributed by atoms with Crippen molar-refractivity contribution >= 4 is 28.7 Å². The van der Waals surface area contributed by atoms with E-state index in [1.807, 2.05) is 13.0 Å². The number of methoxy groups -OCH3 is 1. The SMILES string of the molecule is CCC(CC)N(CCOC)C(C)C(=O)c1ccc(Cl)s1. The summed E-state index contributed by atoms with van der Waals surface area (Å²) in [5.74, 6) is 0.143. The molecule has 114 valence electrons. The molecule has 1 heterocycles. The molecule has 20 heavy (non-hydrogen) atoms. The van der Waals surface area contributed by atoms with E-state index in [1.165, 1.54) is 11.3 Å². The van der Waals surface area contributed by atoms with E-state index in [0.717, 1.165) is 24.3 Å². The highest BCUT2D eigenvalue weighted by atomic mass is 35.5. The molecule has 1 aromatic heterocycles. The minimum Gasteiger partial charge on any atom is -0.383 e. The molecule has 5 heteroatoms. The number of thiophene rings is 1. The number of halogens is 1. The van der Waals surface area contributed by atoms with Crippen LogP contribution in [0.3, 0.4) is 0 Å². The zero-order valence-corrected chi connectivity index (χ0v) is 14.3. The smallest absolute Gasteiger partial charge is 0.189 e. The molecule has 0 radical (unpaired) electrons. The average Bonchev–Trinajstić information content (AvgIpc) is 2.88. The number of rotatable bonds is 9. The number of nitrogens with zero attached hydrogens (tertiary/aromatic N) is 1. The number of hydrogen-bond donors (Lipinski definition) is 0. The molecule has 0 saturated heterocycles. The van der Waals surface area contributed by atoms with Crippen molar-refractivity contribution < 1.29 is 9.53 Å². The molecule has 0 saturated carbocycles. The Kier molecular flexibility index (Phi) is 7.74. The lowest BCUT2D eigenvalue weighted by Crippen LogP contribution is -2.46. The van der Waals surface area contributed by atoms with Crippen molar-refractivity contribution in [1.29, 1.82) is 0 Å². The van der Waals surface area contributed by atoms with Crippen molar-refractivity contribution in [2.45, 2.75) is 45.7 Å². The van der Waals surface area contributed by atoms with Crippen molar-refractivity contribution in [2.24, 2.45) is 0 Å². The second-order valence-corrected chi connectivity index (χ2v) is 6.56. The third kappa shape index (κ3) is 4.55. The Morgan fingerprint density at radius 2 is 2.05 bits per heavy atom. The Balaban J connectivity index is 2.85. The molecule has 0 aliphatic heterocycles. The summed E-state index contributed by atoms with van der Waals surface area (Å²) in [4.78, 5) is 15.5. The third-order valence-electron chi connectivity index (χ3n) is 3.66. The summed E-state index contributed by atoms with van der Waals surface area (Å²) in [6, 6.07) is 3.85. The predicted octanol–water partition coefficient (Wildman–Crippen LogP) is 4.11. The second-order valence-electron chi connectivity index (χ2n) is 4.84. The number of carbonyl (C=O) groups excluding carboxylic acids is 1. The molecule has 0 bridgehead atoms. The topological polar surface area (TPSA) is 29.5 Å². The second kappa shape index (κ2) is 8.78. The van der Waals surface area contributed by atoms with Crippen LogP contribution < -0.4 is 0 Å². The highest BCUT2D eigenvalue weighted by molar-refractivity contribution is 7.18. The molecule has 1 aromatic rings. The lowest BCUT2D eigenvalue weighted by Gasteiger charge is -2.34. The van der Waals surface area contributed by atoms with E-state index in [4.69, 9.17) is 16.3 Å². The number of Topliss-reactive ketones (excluding diaryl/α,β-unsaturated/α-hetero) is 1. The average molecular weight is 318 g/mol. The maximum atomic E-state index is 12.6. The van der Waals surface area contributed by atoms with E-state index >= 15 is 0 Å².